The summed E-state index contributed by atoms with van der Waals surface area (Å²) in [5, 5.41) is 8.96. The monoisotopic (exact) mass is 252 g/mol. The maximum Gasteiger partial charge on any atom is 0.244 e. The quantitative estimate of drug-likeness (QED) is 0.825. The van der Waals surface area contributed by atoms with Crippen LogP contribution in [-0.2, 0) is 10.0 Å². The lowest BCUT2D eigenvalue weighted by molar-refractivity contribution is 0.337. The first-order valence-electron chi connectivity index (χ1n) is 5.19. The second kappa shape index (κ2) is 4.47. The Morgan fingerprint density at radius 2 is 1.71 bits per heavy atom. The minimum Gasteiger partial charge on any atom is -0.207 e. The average molecular weight is 252 g/mol. The highest BCUT2D eigenvalue weighted by molar-refractivity contribution is 7.89. The van der Waals surface area contributed by atoms with Crippen LogP contribution in [0.5, 0.6) is 0 Å². The molecule has 0 heterocycles. The van der Waals surface area contributed by atoms with E-state index in [0.717, 1.165) is 9.87 Å². The van der Waals surface area contributed by atoms with Gasteiger partial charge < -0.3 is 0 Å². The standard InChI is InChI=1S/C12H16N2O2S/c1-10-5-7-11(8-6-10)17(15,16)14(4)12(2,3)9-13/h5-8H,1-4H3. The third-order valence-corrected chi connectivity index (χ3v) is 4.79. The van der Waals surface area contributed by atoms with Crippen molar-refractivity contribution in [2.75, 3.05) is 7.05 Å². The summed E-state index contributed by atoms with van der Waals surface area (Å²) in [5.41, 5.74) is -0.0740. The zero-order chi connectivity index (χ0) is 13.3. The summed E-state index contributed by atoms with van der Waals surface area (Å²) in [6, 6.07) is 8.55. The van der Waals surface area contributed by atoms with E-state index in [1.807, 2.05) is 13.0 Å². The van der Waals surface area contributed by atoms with Gasteiger partial charge in [0.15, 0.2) is 0 Å². The molecule has 0 aliphatic carbocycles. The SMILES string of the molecule is Cc1ccc(S(=O)(=O)N(C)C(C)(C)C#N)cc1. The van der Waals surface area contributed by atoms with Crippen molar-refractivity contribution in [1.29, 1.82) is 5.26 Å². The van der Waals surface area contributed by atoms with Crippen molar-refractivity contribution >= 4 is 10.0 Å². The maximum atomic E-state index is 12.2. The lowest BCUT2D eigenvalue weighted by atomic mass is 10.1. The summed E-state index contributed by atoms with van der Waals surface area (Å²) >= 11 is 0. The van der Waals surface area contributed by atoms with Gasteiger partial charge in [-0.1, -0.05) is 17.7 Å². The first kappa shape index (κ1) is 13.7. The summed E-state index contributed by atoms with van der Waals surface area (Å²) in [4.78, 5) is 0.203. The Labute approximate surface area is 103 Å². The van der Waals surface area contributed by atoms with Crippen LogP contribution in [0.1, 0.15) is 19.4 Å². The van der Waals surface area contributed by atoms with Crippen LogP contribution in [0.3, 0.4) is 0 Å². The zero-order valence-electron chi connectivity index (χ0n) is 10.4. The number of hydrogen-bond acceptors (Lipinski definition) is 3. The molecule has 0 fully saturated rings. The van der Waals surface area contributed by atoms with E-state index in [0.29, 0.717) is 0 Å². The van der Waals surface area contributed by atoms with Gasteiger partial charge in [0.25, 0.3) is 0 Å². The Morgan fingerprint density at radius 1 is 1.24 bits per heavy atom. The fraction of sp³-hybridized carbons (Fsp3) is 0.417. The van der Waals surface area contributed by atoms with E-state index in [-0.39, 0.29) is 4.90 Å². The second-order valence-electron chi connectivity index (χ2n) is 4.46. The molecule has 0 aromatic heterocycles. The molecule has 0 amide bonds. The lowest BCUT2D eigenvalue weighted by Crippen LogP contribution is -2.43. The minimum atomic E-state index is -3.61. The number of rotatable bonds is 3. The maximum absolute atomic E-state index is 12.2. The molecule has 0 saturated heterocycles. The molecule has 5 heteroatoms. The van der Waals surface area contributed by atoms with E-state index in [4.69, 9.17) is 5.26 Å². The van der Waals surface area contributed by atoms with Crippen LogP contribution in [0.25, 0.3) is 0 Å². The number of nitriles is 1. The Balaban J connectivity index is 3.22. The minimum absolute atomic E-state index is 0.203. The number of nitrogens with zero attached hydrogens (tertiary/aromatic N) is 2. The van der Waals surface area contributed by atoms with Gasteiger partial charge in [-0.15, -0.1) is 0 Å². The number of sulfonamides is 1. The summed E-state index contributed by atoms with van der Waals surface area (Å²) in [7, 11) is -2.20. The van der Waals surface area contributed by atoms with Crippen LogP contribution in [-0.4, -0.2) is 25.3 Å². The molecule has 0 radical (unpaired) electrons. The van der Waals surface area contributed by atoms with Gasteiger partial charge in [0.05, 0.1) is 11.0 Å². The molecule has 0 unspecified atom stereocenters. The van der Waals surface area contributed by atoms with Gasteiger partial charge in [-0.25, -0.2) is 8.42 Å². The average Bonchev–Trinajstić information content (AvgIpc) is 2.28. The van der Waals surface area contributed by atoms with Crippen molar-refractivity contribution in [2.24, 2.45) is 0 Å². The summed E-state index contributed by atoms with van der Waals surface area (Å²) in [5.74, 6) is 0. The highest BCUT2D eigenvalue weighted by atomic mass is 32.2. The molecule has 92 valence electrons. The molecule has 0 aliphatic rings. The van der Waals surface area contributed by atoms with Crippen molar-refractivity contribution in [2.45, 2.75) is 31.2 Å². The van der Waals surface area contributed by atoms with Gasteiger partial charge in [-0.3, -0.25) is 0 Å². The highest BCUT2D eigenvalue weighted by Crippen LogP contribution is 2.22. The van der Waals surface area contributed by atoms with Crippen molar-refractivity contribution in [3.63, 3.8) is 0 Å². The van der Waals surface area contributed by atoms with Gasteiger partial charge in [0.1, 0.15) is 5.54 Å². The molecule has 0 spiro atoms. The molecule has 1 aromatic rings. The molecule has 0 bridgehead atoms. The summed E-state index contributed by atoms with van der Waals surface area (Å²) in [6.07, 6.45) is 0. The number of aryl methyl sites for hydroxylation is 1. The van der Waals surface area contributed by atoms with Gasteiger partial charge in [0.2, 0.25) is 10.0 Å². The second-order valence-corrected chi connectivity index (χ2v) is 6.43. The molecule has 0 saturated carbocycles. The number of hydrogen-bond donors (Lipinski definition) is 0. The Morgan fingerprint density at radius 3 is 2.12 bits per heavy atom. The van der Waals surface area contributed by atoms with Crippen LogP contribution in [0, 0.1) is 18.3 Å². The van der Waals surface area contributed by atoms with Crippen LogP contribution in [0.2, 0.25) is 0 Å². The molecule has 17 heavy (non-hydrogen) atoms. The Hall–Kier alpha value is -1.38. The first-order valence-corrected chi connectivity index (χ1v) is 6.63. The van der Waals surface area contributed by atoms with E-state index in [1.165, 1.54) is 7.05 Å². The van der Waals surface area contributed by atoms with E-state index in [9.17, 15) is 8.42 Å². The molecular formula is C12H16N2O2S. The van der Waals surface area contributed by atoms with Crippen molar-refractivity contribution in [3.05, 3.63) is 29.8 Å². The third-order valence-electron chi connectivity index (χ3n) is 2.74. The largest absolute Gasteiger partial charge is 0.244 e. The molecule has 0 N–H and O–H groups in total. The lowest BCUT2D eigenvalue weighted by Gasteiger charge is -2.28. The van der Waals surface area contributed by atoms with Gasteiger partial charge >= 0.3 is 0 Å². The molecule has 1 aromatic carbocycles. The van der Waals surface area contributed by atoms with Crippen LogP contribution < -0.4 is 0 Å². The van der Waals surface area contributed by atoms with Crippen LogP contribution >= 0.6 is 0 Å². The predicted octanol–water partition coefficient (Wildman–Crippen LogP) is 1.92. The molecule has 1 rings (SSSR count). The van der Waals surface area contributed by atoms with Gasteiger partial charge in [-0.2, -0.15) is 9.57 Å². The Kier molecular flexibility index (Phi) is 3.60. The van der Waals surface area contributed by atoms with Crippen molar-refractivity contribution in [3.8, 4) is 6.07 Å². The topological polar surface area (TPSA) is 61.2 Å². The molecule has 4 nitrogen and oxygen atoms in total. The van der Waals surface area contributed by atoms with E-state index in [2.05, 4.69) is 0 Å². The van der Waals surface area contributed by atoms with Gasteiger partial charge in [-0.05, 0) is 32.9 Å². The summed E-state index contributed by atoms with van der Waals surface area (Å²) < 4.78 is 25.5. The van der Waals surface area contributed by atoms with E-state index < -0.39 is 15.6 Å². The van der Waals surface area contributed by atoms with Crippen molar-refractivity contribution < 1.29 is 8.42 Å². The van der Waals surface area contributed by atoms with Crippen LogP contribution in [0.15, 0.2) is 29.2 Å². The fourth-order valence-electron chi connectivity index (χ4n) is 1.24. The predicted molar refractivity (Wildman–Crippen MR) is 65.8 cm³/mol. The zero-order valence-corrected chi connectivity index (χ0v) is 11.2. The van der Waals surface area contributed by atoms with Crippen LogP contribution in [0.4, 0.5) is 0 Å². The van der Waals surface area contributed by atoms with E-state index in [1.54, 1.807) is 38.1 Å². The number of benzene rings is 1. The highest BCUT2D eigenvalue weighted by Gasteiger charge is 2.33. The molecule has 0 aliphatic heterocycles. The molecular weight excluding hydrogens is 236 g/mol. The third kappa shape index (κ3) is 2.65. The Bertz CT molecular complexity index is 539. The van der Waals surface area contributed by atoms with E-state index >= 15 is 0 Å². The first-order chi connectivity index (χ1) is 7.71. The normalized spacial score (nSPS) is 12.5. The molecule has 0 atom stereocenters. The van der Waals surface area contributed by atoms with Gasteiger partial charge in [0, 0.05) is 7.05 Å². The summed E-state index contributed by atoms with van der Waals surface area (Å²) in [6.45, 7) is 5.02. The fourth-order valence-corrected chi connectivity index (χ4v) is 2.68. The smallest absolute Gasteiger partial charge is 0.207 e. The van der Waals surface area contributed by atoms with Crippen molar-refractivity contribution in [1.82, 2.24) is 4.31 Å².